The maximum absolute atomic E-state index is 12.4. The summed E-state index contributed by atoms with van der Waals surface area (Å²) in [5, 5.41) is 14.6. The number of nitrogens with one attached hydrogen (secondary N) is 2. The van der Waals surface area contributed by atoms with Gasteiger partial charge in [0, 0.05) is 31.9 Å². The lowest BCUT2D eigenvalue weighted by Gasteiger charge is -2.54. The molecule has 2 N–H and O–H groups in total. The number of rotatable bonds is 4. The number of amides is 2. The Balaban J connectivity index is 1.07. The number of nitrogens with zero attached hydrogens (tertiary/aromatic N) is 3. The van der Waals surface area contributed by atoms with E-state index in [1.807, 2.05) is 12.1 Å². The fourth-order valence-electron chi connectivity index (χ4n) is 6.53. The predicted octanol–water partition coefficient (Wildman–Crippen LogP) is 2.82. The van der Waals surface area contributed by atoms with Crippen LogP contribution in [0, 0.1) is 29.6 Å². The van der Waals surface area contributed by atoms with Crippen molar-refractivity contribution in [2.75, 3.05) is 24.5 Å². The molecule has 1 aliphatic heterocycles. The Labute approximate surface area is 161 Å². The highest BCUT2D eigenvalue weighted by molar-refractivity contribution is 5.74. The molecule has 146 valence electrons. The molecule has 1 aromatic rings. The third-order valence-electron chi connectivity index (χ3n) is 7.63. The van der Waals surface area contributed by atoms with Gasteiger partial charge in [-0.15, -0.1) is 5.10 Å². The number of hydrogen-bond donors (Lipinski definition) is 2. The van der Waals surface area contributed by atoms with Gasteiger partial charge in [0.15, 0.2) is 5.82 Å². The molecule has 0 unspecified atom stereocenters. The number of urea groups is 1. The Morgan fingerprint density at radius 2 is 1.78 bits per heavy atom. The van der Waals surface area contributed by atoms with Crippen molar-refractivity contribution < 1.29 is 4.79 Å². The molecule has 27 heavy (non-hydrogen) atoms. The van der Waals surface area contributed by atoms with Gasteiger partial charge in [0.2, 0.25) is 0 Å². The number of hydrogen-bond acceptors (Lipinski definition) is 4. The second-order valence-electron chi connectivity index (χ2n) is 9.29. The van der Waals surface area contributed by atoms with Gasteiger partial charge in [-0.25, -0.2) is 4.79 Å². The fraction of sp³-hybridized carbons (Fsp3) is 0.762. The largest absolute Gasteiger partial charge is 0.355 e. The fourth-order valence-corrected chi connectivity index (χ4v) is 6.53. The number of piperidine rings is 1. The van der Waals surface area contributed by atoms with Crippen molar-refractivity contribution in [1.82, 2.24) is 20.8 Å². The molecule has 2 heterocycles. The minimum absolute atomic E-state index is 0.0294. The first-order chi connectivity index (χ1) is 13.2. The topological polar surface area (TPSA) is 70.2 Å². The van der Waals surface area contributed by atoms with Gasteiger partial charge in [0.05, 0.1) is 0 Å². The van der Waals surface area contributed by atoms with Gasteiger partial charge < -0.3 is 15.5 Å². The zero-order valence-corrected chi connectivity index (χ0v) is 16.0. The third-order valence-corrected chi connectivity index (χ3v) is 7.63. The van der Waals surface area contributed by atoms with Crippen LogP contribution in [0.4, 0.5) is 10.6 Å². The molecule has 1 saturated heterocycles. The van der Waals surface area contributed by atoms with Crippen LogP contribution >= 0.6 is 0 Å². The van der Waals surface area contributed by atoms with Gasteiger partial charge in [0.25, 0.3) is 0 Å². The smallest absolute Gasteiger partial charge is 0.315 e. The Kier molecular flexibility index (Phi) is 4.66. The quantitative estimate of drug-likeness (QED) is 0.856. The molecule has 4 saturated carbocycles. The molecular formula is C21H31N5O. The summed E-state index contributed by atoms with van der Waals surface area (Å²) in [5.74, 6) is 5.40. The standard InChI is InChI=1S/C21H31N5O/c27-21(22-13-19-16-9-14-8-15(11-16)12-17(19)10-14)24-18-3-6-26(7-4-18)20-2-1-5-23-25-20/h1-2,5,14-19H,3-4,6-13H2,(H2,22,24,27). The molecule has 0 atom stereocenters. The molecular weight excluding hydrogens is 338 g/mol. The van der Waals surface area contributed by atoms with Crippen LogP contribution in [0.2, 0.25) is 0 Å². The Bertz CT molecular complexity index is 630. The summed E-state index contributed by atoms with van der Waals surface area (Å²) in [7, 11) is 0. The maximum Gasteiger partial charge on any atom is 0.315 e. The summed E-state index contributed by atoms with van der Waals surface area (Å²) in [5.41, 5.74) is 0. The highest BCUT2D eigenvalue weighted by Crippen LogP contribution is 2.56. The molecule has 0 radical (unpaired) electrons. The summed E-state index contributed by atoms with van der Waals surface area (Å²) in [6, 6.07) is 4.21. The van der Waals surface area contributed by atoms with Crippen LogP contribution in [-0.2, 0) is 0 Å². The Morgan fingerprint density at radius 1 is 1.07 bits per heavy atom. The van der Waals surface area contributed by atoms with E-state index in [2.05, 4.69) is 25.7 Å². The SMILES string of the molecule is O=C(NCC1C2CC3CC(C2)CC1C3)NC1CCN(c2cccnn2)CC1. The van der Waals surface area contributed by atoms with Gasteiger partial charge in [0.1, 0.15) is 0 Å². The third kappa shape index (κ3) is 3.63. The monoisotopic (exact) mass is 369 g/mol. The molecule has 4 bridgehead atoms. The zero-order valence-electron chi connectivity index (χ0n) is 16.0. The summed E-state index contributed by atoms with van der Waals surface area (Å²) < 4.78 is 0. The molecule has 2 amide bonds. The van der Waals surface area contributed by atoms with Crippen LogP contribution in [0.15, 0.2) is 18.3 Å². The van der Waals surface area contributed by atoms with Gasteiger partial charge >= 0.3 is 6.03 Å². The van der Waals surface area contributed by atoms with Crippen LogP contribution in [0.25, 0.3) is 0 Å². The minimum Gasteiger partial charge on any atom is -0.355 e. The zero-order chi connectivity index (χ0) is 18.2. The number of aromatic nitrogens is 2. The van der Waals surface area contributed by atoms with Crippen molar-refractivity contribution in [3.8, 4) is 0 Å². The normalized spacial score (nSPS) is 35.3. The summed E-state index contributed by atoms with van der Waals surface area (Å²) in [6.07, 6.45) is 10.8. The lowest BCUT2D eigenvalue weighted by molar-refractivity contribution is -0.0343. The van der Waals surface area contributed by atoms with Crippen molar-refractivity contribution in [2.45, 2.75) is 51.0 Å². The first-order valence-electron chi connectivity index (χ1n) is 10.8. The van der Waals surface area contributed by atoms with Gasteiger partial charge in [-0.05, 0) is 86.7 Å². The van der Waals surface area contributed by atoms with E-state index in [0.29, 0.717) is 0 Å². The van der Waals surface area contributed by atoms with E-state index in [1.165, 1.54) is 32.1 Å². The Morgan fingerprint density at radius 3 is 2.41 bits per heavy atom. The van der Waals surface area contributed by atoms with Crippen molar-refractivity contribution in [2.24, 2.45) is 29.6 Å². The molecule has 5 aliphatic rings. The van der Waals surface area contributed by atoms with Crippen molar-refractivity contribution in [3.05, 3.63) is 18.3 Å². The van der Waals surface area contributed by atoms with Crippen LogP contribution in [0.3, 0.4) is 0 Å². The average Bonchev–Trinajstić information content (AvgIpc) is 2.68. The minimum atomic E-state index is 0.0294. The highest BCUT2D eigenvalue weighted by Gasteiger charge is 2.47. The van der Waals surface area contributed by atoms with E-state index in [0.717, 1.165) is 67.9 Å². The van der Waals surface area contributed by atoms with E-state index in [4.69, 9.17) is 0 Å². The maximum atomic E-state index is 12.4. The van der Waals surface area contributed by atoms with Crippen LogP contribution in [-0.4, -0.2) is 41.9 Å². The molecule has 4 aliphatic carbocycles. The van der Waals surface area contributed by atoms with E-state index < -0.39 is 0 Å². The molecule has 5 fully saturated rings. The average molecular weight is 370 g/mol. The summed E-state index contributed by atoms with van der Waals surface area (Å²) in [6.45, 7) is 2.71. The van der Waals surface area contributed by atoms with E-state index >= 15 is 0 Å². The highest BCUT2D eigenvalue weighted by atomic mass is 16.2. The summed E-state index contributed by atoms with van der Waals surface area (Å²) in [4.78, 5) is 14.7. The predicted molar refractivity (Wildman–Crippen MR) is 104 cm³/mol. The van der Waals surface area contributed by atoms with Crippen LogP contribution < -0.4 is 15.5 Å². The van der Waals surface area contributed by atoms with Gasteiger partial charge in [-0.2, -0.15) is 5.10 Å². The lowest BCUT2D eigenvalue weighted by Crippen LogP contribution is -2.52. The molecule has 6 heteroatoms. The number of carbonyl (C=O) groups is 1. The van der Waals surface area contributed by atoms with Gasteiger partial charge in [-0.3, -0.25) is 0 Å². The van der Waals surface area contributed by atoms with Crippen molar-refractivity contribution >= 4 is 11.8 Å². The van der Waals surface area contributed by atoms with E-state index in [1.54, 1.807) is 6.20 Å². The van der Waals surface area contributed by atoms with Gasteiger partial charge in [-0.1, -0.05) is 0 Å². The van der Waals surface area contributed by atoms with E-state index in [-0.39, 0.29) is 12.1 Å². The van der Waals surface area contributed by atoms with Crippen LogP contribution in [0.1, 0.15) is 44.9 Å². The Hall–Kier alpha value is -1.85. The first kappa shape index (κ1) is 17.3. The first-order valence-corrected chi connectivity index (χ1v) is 10.8. The van der Waals surface area contributed by atoms with Crippen LogP contribution in [0.5, 0.6) is 0 Å². The lowest BCUT2D eigenvalue weighted by atomic mass is 9.52. The second-order valence-corrected chi connectivity index (χ2v) is 9.29. The number of carbonyl (C=O) groups excluding carboxylic acids is 1. The second kappa shape index (κ2) is 7.28. The number of anilines is 1. The molecule has 0 spiro atoms. The molecule has 6 nitrogen and oxygen atoms in total. The van der Waals surface area contributed by atoms with Crippen molar-refractivity contribution in [3.63, 3.8) is 0 Å². The molecule has 1 aromatic heterocycles. The summed E-state index contributed by atoms with van der Waals surface area (Å²) >= 11 is 0. The molecule has 0 aromatic carbocycles. The van der Waals surface area contributed by atoms with E-state index in [9.17, 15) is 4.79 Å². The molecule has 6 rings (SSSR count). The van der Waals surface area contributed by atoms with Crippen molar-refractivity contribution in [1.29, 1.82) is 0 Å².